The Hall–Kier alpha value is -2.05. The number of nitrogens with zero attached hydrogens (tertiary/aromatic N) is 3. The molecule has 2 fully saturated rings. The highest BCUT2D eigenvalue weighted by Crippen LogP contribution is 2.27. The number of aromatic amines is 1. The van der Waals surface area contributed by atoms with Gasteiger partial charge >= 0.3 is 5.69 Å². The molecule has 3 heterocycles. The summed E-state index contributed by atoms with van der Waals surface area (Å²) in [5.74, 6) is -0.117. The van der Waals surface area contributed by atoms with E-state index >= 15 is 0 Å². The summed E-state index contributed by atoms with van der Waals surface area (Å²) in [5, 5.41) is 0.634. The van der Waals surface area contributed by atoms with Gasteiger partial charge in [0.05, 0.1) is 28.1 Å². The first kappa shape index (κ1) is 28.5. The van der Waals surface area contributed by atoms with Crippen molar-refractivity contribution < 1.29 is 12.8 Å². The van der Waals surface area contributed by atoms with Gasteiger partial charge in [-0.2, -0.15) is 0 Å². The van der Waals surface area contributed by atoms with Crippen molar-refractivity contribution in [3.05, 3.63) is 71.8 Å². The zero-order chi connectivity index (χ0) is 27.9. The van der Waals surface area contributed by atoms with Gasteiger partial charge in [0.2, 0.25) is 0 Å². The van der Waals surface area contributed by atoms with Crippen LogP contribution < -0.4 is 11.2 Å². The van der Waals surface area contributed by atoms with Gasteiger partial charge in [0.1, 0.15) is 6.17 Å². The Bertz CT molecular complexity index is 1620. The highest BCUT2D eigenvalue weighted by Gasteiger charge is 2.30. The Morgan fingerprint density at radius 3 is 2.51 bits per heavy atom. The maximum atomic E-state index is 13.5. The normalized spacial score (nSPS) is 19.7. The van der Waals surface area contributed by atoms with Crippen LogP contribution in [0.5, 0.6) is 0 Å². The number of H-pyrrole nitrogens is 1. The molecule has 0 radical (unpaired) electrons. The molecule has 210 valence electrons. The number of likely N-dealkylation sites (tertiary alicyclic amines) is 2. The molecule has 1 unspecified atom stereocenters. The molecule has 1 atom stereocenters. The Labute approximate surface area is 239 Å². The van der Waals surface area contributed by atoms with Crippen LogP contribution in [-0.2, 0) is 22.9 Å². The number of hydrogen-bond donors (Lipinski definition) is 1. The lowest BCUT2D eigenvalue weighted by Crippen LogP contribution is -2.43. The summed E-state index contributed by atoms with van der Waals surface area (Å²) in [6.45, 7) is 5.37. The number of halogens is 3. The van der Waals surface area contributed by atoms with Crippen LogP contribution in [0, 0.1) is 0 Å². The second-order valence-corrected chi connectivity index (χ2v) is 13.9. The third-order valence-electron chi connectivity index (χ3n) is 7.83. The molecule has 2 aliphatic rings. The van der Waals surface area contributed by atoms with E-state index in [1.807, 2.05) is 6.07 Å². The molecule has 2 aromatic carbocycles. The van der Waals surface area contributed by atoms with E-state index in [4.69, 9.17) is 11.6 Å². The number of alkyl halides is 1. The first-order valence-corrected chi connectivity index (χ1v) is 15.9. The van der Waals surface area contributed by atoms with Crippen molar-refractivity contribution in [3.63, 3.8) is 0 Å². The Balaban J connectivity index is 1.40. The molecule has 0 saturated carbocycles. The fourth-order valence-corrected chi connectivity index (χ4v) is 7.39. The average Bonchev–Trinajstić information content (AvgIpc) is 3.36. The van der Waals surface area contributed by atoms with E-state index < -0.39 is 27.3 Å². The molecule has 8 nitrogen and oxygen atoms in total. The van der Waals surface area contributed by atoms with Crippen LogP contribution in [0.15, 0.2) is 49.3 Å². The van der Waals surface area contributed by atoms with Crippen molar-refractivity contribution >= 4 is 48.3 Å². The maximum Gasteiger partial charge on any atom is 0.329 e. The molecule has 1 N–H and O–H groups in total. The molecule has 12 heteroatoms. The Morgan fingerprint density at radius 2 is 1.79 bits per heavy atom. The van der Waals surface area contributed by atoms with E-state index in [-0.39, 0.29) is 22.8 Å². The van der Waals surface area contributed by atoms with Gasteiger partial charge in [0, 0.05) is 48.3 Å². The minimum Gasteiger partial charge on any atom is -0.307 e. The van der Waals surface area contributed by atoms with Gasteiger partial charge in [-0.05, 0) is 60.7 Å². The molecule has 0 spiro atoms. The quantitative estimate of drug-likeness (QED) is 0.420. The predicted octanol–water partition coefficient (Wildman–Crippen LogP) is 3.96. The Kier molecular flexibility index (Phi) is 8.36. The Morgan fingerprint density at radius 1 is 1.05 bits per heavy atom. The zero-order valence-corrected chi connectivity index (χ0v) is 24.8. The second kappa shape index (κ2) is 11.4. The smallest absolute Gasteiger partial charge is 0.307 e. The van der Waals surface area contributed by atoms with Gasteiger partial charge < -0.3 is 4.98 Å². The molecular weight excluding hydrogens is 611 g/mol. The van der Waals surface area contributed by atoms with Crippen LogP contribution in [0.25, 0.3) is 10.9 Å². The number of fused-ring (bicyclic) bond motifs is 1. The summed E-state index contributed by atoms with van der Waals surface area (Å²) in [6.07, 6.45) is 1.55. The minimum atomic E-state index is -3.59. The number of aromatic nitrogens is 2. The van der Waals surface area contributed by atoms with E-state index in [1.165, 1.54) is 25.1 Å². The third kappa shape index (κ3) is 6.02. The van der Waals surface area contributed by atoms with Crippen molar-refractivity contribution in [2.45, 2.75) is 56.4 Å². The standard InChI is InChI=1S/C27H31BrClFN4O4S/c1-2-39(37,38)25-4-3-19(29)11-18(25)15-34-26(35)22-13-23(28)17(12-24(22)31-27(34)36)14-32-8-7-21(16-32)33-9-5-20(30)6-10-33/h3-4,11-13,20-21H,2,5-10,14-16H2,1H3,(H,31,36). The zero-order valence-electron chi connectivity index (χ0n) is 21.6. The van der Waals surface area contributed by atoms with Crippen LogP contribution in [0.2, 0.25) is 5.02 Å². The van der Waals surface area contributed by atoms with Gasteiger partial charge in [-0.15, -0.1) is 0 Å². The second-order valence-electron chi connectivity index (χ2n) is 10.4. The van der Waals surface area contributed by atoms with Crippen LogP contribution in [0.1, 0.15) is 37.3 Å². The topological polar surface area (TPSA) is 95.5 Å². The van der Waals surface area contributed by atoms with Crippen LogP contribution >= 0.6 is 27.5 Å². The predicted molar refractivity (Wildman–Crippen MR) is 154 cm³/mol. The summed E-state index contributed by atoms with van der Waals surface area (Å²) in [7, 11) is -3.59. The van der Waals surface area contributed by atoms with E-state index in [0.717, 1.165) is 47.2 Å². The lowest BCUT2D eigenvalue weighted by molar-refractivity contribution is 0.112. The van der Waals surface area contributed by atoms with Crippen molar-refractivity contribution in [2.75, 3.05) is 31.9 Å². The first-order chi connectivity index (χ1) is 18.6. The van der Waals surface area contributed by atoms with Crippen LogP contribution in [-0.4, -0.2) is 71.9 Å². The minimum absolute atomic E-state index is 0.0512. The number of nitrogens with one attached hydrogen (secondary N) is 1. The lowest BCUT2D eigenvalue weighted by atomic mass is 10.1. The van der Waals surface area contributed by atoms with E-state index in [2.05, 4.69) is 30.7 Å². The molecule has 2 aliphatic heterocycles. The van der Waals surface area contributed by atoms with Crippen LogP contribution in [0.4, 0.5) is 4.39 Å². The molecule has 1 aromatic heterocycles. The molecule has 0 bridgehead atoms. The van der Waals surface area contributed by atoms with E-state index in [0.29, 0.717) is 41.4 Å². The number of piperidine rings is 1. The van der Waals surface area contributed by atoms with Gasteiger partial charge in [-0.25, -0.2) is 17.6 Å². The van der Waals surface area contributed by atoms with Crippen molar-refractivity contribution in [1.82, 2.24) is 19.4 Å². The van der Waals surface area contributed by atoms with Crippen molar-refractivity contribution in [2.24, 2.45) is 0 Å². The molecular formula is C27H31BrClFN4O4S. The van der Waals surface area contributed by atoms with Gasteiger partial charge in [-0.1, -0.05) is 34.5 Å². The summed E-state index contributed by atoms with van der Waals surface area (Å²) in [5.41, 5.74) is 0.514. The average molecular weight is 642 g/mol. The van der Waals surface area contributed by atoms with Gasteiger partial charge in [0.25, 0.3) is 5.56 Å². The first-order valence-electron chi connectivity index (χ1n) is 13.1. The molecule has 0 amide bonds. The molecule has 2 saturated heterocycles. The van der Waals surface area contributed by atoms with Crippen molar-refractivity contribution in [3.8, 4) is 0 Å². The third-order valence-corrected chi connectivity index (χ3v) is 10.6. The number of hydrogen-bond acceptors (Lipinski definition) is 6. The monoisotopic (exact) mass is 640 g/mol. The fourth-order valence-electron chi connectivity index (χ4n) is 5.61. The largest absolute Gasteiger partial charge is 0.329 e. The van der Waals surface area contributed by atoms with E-state index in [1.54, 1.807) is 6.07 Å². The highest BCUT2D eigenvalue weighted by molar-refractivity contribution is 9.10. The van der Waals surface area contributed by atoms with Crippen LogP contribution in [0.3, 0.4) is 0 Å². The van der Waals surface area contributed by atoms with E-state index in [9.17, 15) is 22.4 Å². The molecule has 5 rings (SSSR count). The van der Waals surface area contributed by atoms with Crippen molar-refractivity contribution in [1.29, 1.82) is 0 Å². The lowest BCUT2D eigenvalue weighted by Gasteiger charge is -2.33. The molecule has 0 aliphatic carbocycles. The SMILES string of the molecule is CCS(=O)(=O)c1ccc(Cl)cc1Cn1c(=O)[nH]c2cc(CN3CCC(N4CCC(F)CC4)C3)c(Br)cc2c1=O. The number of sulfone groups is 1. The summed E-state index contributed by atoms with van der Waals surface area (Å²) >= 11 is 9.73. The molecule has 3 aromatic rings. The summed E-state index contributed by atoms with van der Waals surface area (Å²) in [4.78, 5) is 34.0. The maximum absolute atomic E-state index is 13.5. The van der Waals surface area contributed by atoms with Gasteiger partial charge in [-0.3, -0.25) is 19.2 Å². The number of benzene rings is 2. The van der Waals surface area contributed by atoms with Gasteiger partial charge in [0.15, 0.2) is 9.84 Å². The fraction of sp³-hybridized carbons (Fsp3) is 0.481. The summed E-state index contributed by atoms with van der Waals surface area (Å²) in [6, 6.07) is 8.31. The number of rotatable bonds is 7. The summed E-state index contributed by atoms with van der Waals surface area (Å²) < 4.78 is 40.5. The molecule has 39 heavy (non-hydrogen) atoms. The highest BCUT2D eigenvalue weighted by atomic mass is 79.9.